The van der Waals surface area contributed by atoms with Crippen molar-refractivity contribution in [3.63, 3.8) is 0 Å². The molecule has 2 N–H and O–H groups in total. The molecule has 70 valence electrons. The van der Waals surface area contributed by atoms with Gasteiger partial charge in [0, 0.05) is 0 Å². The largest absolute Gasteiger partial charge is 0.392 e. The van der Waals surface area contributed by atoms with E-state index in [1.54, 1.807) is 6.92 Å². The molecule has 0 aliphatic carbocycles. The lowest BCUT2D eigenvalue weighted by molar-refractivity contribution is 0.199. The van der Waals surface area contributed by atoms with Gasteiger partial charge in [0.15, 0.2) is 0 Å². The molecule has 0 aliphatic heterocycles. The van der Waals surface area contributed by atoms with Crippen LogP contribution in [-0.4, -0.2) is 22.9 Å². The summed E-state index contributed by atoms with van der Waals surface area (Å²) >= 11 is 0. The molecule has 0 amide bonds. The molecule has 12 heavy (non-hydrogen) atoms. The molecular weight excluding hydrogens is 152 g/mol. The topological polar surface area (TPSA) is 40.5 Å². The first-order chi connectivity index (χ1) is 5.61. The number of rotatable bonds is 5. The molecule has 0 fully saturated rings. The van der Waals surface area contributed by atoms with E-state index in [2.05, 4.69) is 6.58 Å². The Hall–Kier alpha value is -0.600. The molecule has 0 aromatic rings. The van der Waals surface area contributed by atoms with E-state index in [-0.39, 0.29) is 6.61 Å². The number of aliphatic hydroxyl groups excluding tert-OH is 2. The highest BCUT2D eigenvalue weighted by Gasteiger charge is 2.04. The third-order valence-electron chi connectivity index (χ3n) is 1.92. The highest BCUT2D eigenvalue weighted by Crippen LogP contribution is 2.10. The number of allylic oxidation sites excluding steroid dienone is 1. The Kier molecular flexibility index (Phi) is 5.68. The zero-order chi connectivity index (χ0) is 9.56. The average molecular weight is 170 g/mol. The van der Waals surface area contributed by atoms with Crippen LogP contribution in [0.25, 0.3) is 0 Å². The minimum absolute atomic E-state index is 0.0827. The lowest BCUT2D eigenvalue weighted by Crippen LogP contribution is -2.07. The smallest absolute Gasteiger partial charge is 0.0747 e. The summed E-state index contributed by atoms with van der Waals surface area (Å²) in [6, 6.07) is 0. The van der Waals surface area contributed by atoms with Crippen LogP contribution in [0.5, 0.6) is 0 Å². The molecular formula is C10H18O2. The molecule has 2 heteroatoms. The Morgan fingerprint density at radius 1 is 1.58 bits per heavy atom. The summed E-state index contributed by atoms with van der Waals surface area (Å²) in [6.45, 7) is 7.43. The van der Waals surface area contributed by atoms with Gasteiger partial charge in [-0.3, -0.25) is 0 Å². The maximum Gasteiger partial charge on any atom is 0.0747 e. The summed E-state index contributed by atoms with van der Waals surface area (Å²) in [5, 5.41) is 18.2. The molecule has 0 rings (SSSR count). The first-order valence-corrected chi connectivity index (χ1v) is 4.20. The summed E-state index contributed by atoms with van der Waals surface area (Å²) in [5.41, 5.74) is 1.75. The van der Waals surface area contributed by atoms with Crippen molar-refractivity contribution in [2.75, 3.05) is 6.61 Å². The van der Waals surface area contributed by atoms with E-state index < -0.39 is 6.10 Å². The third-order valence-corrected chi connectivity index (χ3v) is 1.92. The summed E-state index contributed by atoms with van der Waals surface area (Å²) in [6.07, 6.45) is 2.83. The van der Waals surface area contributed by atoms with E-state index in [4.69, 9.17) is 5.11 Å². The van der Waals surface area contributed by atoms with E-state index in [9.17, 15) is 5.11 Å². The second-order valence-corrected chi connectivity index (χ2v) is 3.01. The molecule has 0 bridgehead atoms. The van der Waals surface area contributed by atoms with Gasteiger partial charge in [-0.1, -0.05) is 18.2 Å². The van der Waals surface area contributed by atoms with Crippen LogP contribution in [-0.2, 0) is 0 Å². The Labute approximate surface area is 74.2 Å². The molecule has 0 saturated heterocycles. The van der Waals surface area contributed by atoms with Crippen molar-refractivity contribution < 1.29 is 10.2 Å². The zero-order valence-electron chi connectivity index (χ0n) is 7.88. The first-order valence-electron chi connectivity index (χ1n) is 4.20. The highest BCUT2D eigenvalue weighted by atomic mass is 16.3. The number of aliphatic hydroxyl groups is 2. The predicted molar refractivity (Wildman–Crippen MR) is 50.9 cm³/mol. The first kappa shape index (κ1) is 11.4. The van der Waals surface area contributed by atoms with Crippen LogP contribution < -0.4 is 0 Å². The fourth-order valence-corrected chi connectivity index (χ4v) is 0.883. The second-order valence-electron chi connectivity index (χ2n) is 3.01. The van der Waals surface area contributed by atoms with E-state index in [1.165, 1.54) is 0 Å². The molecule has 0 radical (unpaired) electrons. The van der Waals surface area contributed by atoms with Gasteiger partial charge in [0.2, 0.25) is 0 Å². The maximum absolute atomic E-state index is 9.36. The Balaban J connectivity index is 3.74. The van der Waals surface area contributed by atoms with Crippen LogP contribution in [0, 0.1) is 0 Å². The van der Waals surface area contributed by atoms with Gasteiger partial charge >= 0.3 is 0 Å². The van der Waals surface area contributed by atoms with E-state index in [0.717, 1.165) is 17.6 Å². The van der Waals surface area contributed by atoms with E-state index in [0.29, 0.717) is 6.42 Å². The molecule has 0 aliphatic rings. The lowest BCUT2D eigenvalue weighted by Gasteiger charge is -2.10. The Morgan fingerprint density at radius 2 is 2.17 bits per heavy atom. The maximum atomic E-state index is 9.36. The molecule has 0 spiro atoms. The molecule has 0 aromatic carbocycles. The third kappa shape index (κ3) is 4.31. The minimum atomic E-state index is -0.438. The van der Waals surface area contributed by atoms with Crippen molar-refractivity contribution in [3.05, 3.63) is 23.8 Å². The van der Waals surface area contributed by atoms with Gasteiger partial charge < -0.3 is 10.2 Å². The standard InChI is InChI=1S/C10H18O2/c1-4-9(7-11)5-6-10(12)8(2)3/h4,10-12H,2,5-7H2,1,3H3. The van der Waals surface area contributed by atoms with Gasteiger partial charge in [-0.15, -0.1) is 0 Å². The van der Waals surface area contributed by atoms with Gasteiger partial charge in [0.05, 0.1) is 12.7 Å². The Morgan fingerprint density at radius 3 is 2.50 bits per heavy atom. The van der Waals surface area contributed by atoms with Crippen molar-refractivity contribution in [2.45, 2.75) is 32.8 Å². The lowest BCUT2D eigenvalue weighted by atomic mass is 10.0. The molecule has 1 unspecified atom stereocenters. The zero-order valence-corrected chi connectivity index (χ0v) is 7.88. The fraction of sp³-hybridized carbons (Fsp3) is 0.600. The van der Waals surface area contributed by atoms with Crippen LogP contribution in [0.2, 0.25) is 0 Å². The average Bonchev–Trinajstić information content (AvgIpc) is 2.05. The van der Waals surface area contributed by atoms with Crippen LogP contribution in [0.4, 0.5) is 0 Å². The van der Waals surface area contributed by atoms with Crippen molar-refractivity contribution in [1.29, 1.82) is 0 Å². The molecule has 0 saturated carbocycles. The quantitative estimate of drug-likeness (QED) is 0.616. The minimum Gasteiger partial charge on any atom is -0.392 e. The normalized spacial score (nSPS) is 14.5. The highest BCUT2D eigenvalue weighted by molar-refractivity contribution is 5.03. The van der Waals surface area contributed by atoms with Gasteiger partial charge in [-0.25, -0.2) is 0 Å². The van der Waals surface area contributed by atoms with E-state index in [1.807, 2.05) is 13.0 Å². The van der Waals surface area contributed by atoms with Crippen molar-refractivity contribution >= 4 is 0 Å². The SMILES string of the molecule is C=C(C)C(O)CCC(=CC)CO. The van der Waals surface area contributed by atoms with Crippen LogP contribution in [0.1, 0.15) is 26.7 Å². The molecule has 1 atom stereocenters. The summed E-state index contributed by atoms with van der Waals surface area (Å²) in [5.74, 6) is 0. The molecule has 2 nitrogen and oxygen atoms in total. The Bertz CT molecular complexity index is 171. The summed E-state index contributed by atoms with van der Waals surface area (Å²) in [4.78, 5) is 0. The van der Waals surface area contributed by atoms with Gasteiger partial charge in [-0.05, 0) is 32.3 Å². The fourth-order valence-electron chi connectivity index (χ4n) is 0.883. The van der Waals surface area contributed by atoms with E-state index >= 15 is 0 Å². The number of hydrogen-bond acceptors (Lipinski definition) is 2. The number of hydrogen-bond donors (Lipinski definition) is 2. The summed E-state index contributed by atoms with van der Waals surface area (Å²) < 4.78 is 0. The monoisotopic (exact) mass is 170 g/mol. The van der Waals surface area contributed by atoms with Crippen molar-refractivity contribution in [1.82, 2.24) is 0 Å². The van der Waals surface area contributed by atoms with Crippen molar-refractivity contribution in [2.24, 2.45) is 0 Å². The van der Waals surface area contributed by atoms with Crippen LogP contribution >= 0.6 is 0 Å². The van der Waals surface area contributed by atoms with Crippen molar-refractivity contribution in [3.8, 4) is 0 Å². The molecule has 0 heterocycles. The summed E-state index contributed by atoms with van der Waals surface area (Å²) in [7, 11) is 0. The predicted octanol–water partition coefficient (Wildman–Crippen LogP) is 1.64. The molecule has 0 aromatic heterocycles. The van der Waals surface area contributed by atoms with Gasteiger partial charge in [-0.2, -0.15) is 0 Å². The second kappa shape index (κ2) is 5.98. The van der Waals surface area contributed by atoms with Gasteiger partial charge in [0.1, 0.15) is 0 Å². The van der Waals surface area contributed by atoms with Crippen LogP contribution in [0.15, 0.2) is 23.8 Å². The van der Waals surface area contributed by atoms with Crippen LogP contribution in [0.3, 0.4) is 0 Å². The van der Waals surface area contributed by atoms with Gasteiger partial charge in [0.25, 0.3) is 0 Å².